The highest BCUT2D eigenvalue weighted by Crippen LogP contribution is 2.43. The lowest BCUT2D eigenvalue weighted by Gasteiger charge is -2.20. The smallest absolute Gasteiger partial charge is 0.240 e. The lowest BCUT2D eigenvalue weighted by Crippen LogP contribution is -2.27. The Balaban J connectivity index is 1.65. The van der Waals surface area contributed by atoms with E-state index in [0.717, 1.165) is 35.8 Å². The number of carbonyl (C=O) groups excluding carboxylic acids is 1. The molecule has 2 heterocycles. The Morgan fingerprint density at radius 3 is 2.63 bits per heavy atom. The van der Waals surface area contributed by atoms with Crippen molar-refractivity contribution >= 4 is 29.0 Å². The van der Waals surface area contributed by atoms with Gasteiger partial charge in [0.25, 0.3) is 0 Å². The molecule has 0 N–H and O–H groups in total. The third-order valence-electron chi connectivity index (χ3n) is 4.55. The number of carbonyl (C=O) groups is 1. The molecule has 0 aliphatic heterocycles. The van der Waals surface area contributed by atoms with Gasteiger partial charge in [-0.3, -0.25) is 4.79 Å². The van der Waals surface area contributed by atoms with Crippen molar-refractivity contribution in [2.24, 2.45) is 0 Å². The first-order chi connectivity index (χ1) is 13.1. The summed E-state index contributed by atoms with van der Waals surface area (Å²) in [6, 6.07) is 14.6. The highest BCUT2D eigenvalue weighted by atomic mass is 32.2. The Morgan fingerprint density at radius 2 is 2.00 bits per heavy atom. The van der Waals surface area contributed by atoms with Crippen LogP contribution in [0.1, 0.15) is 40.4 Å². The van der Waals surface area contributed by atoms with Gasteiger partial charge < -0.3 is 9.47 Å². The number of nitrogens with zero attached hydrogens (tertiary/aromatic N) is 4. The van der Waals surface area contributed by atoms with Crippen LogP contribution < -0.4 is 0 Å². The van der Waals surface area contributed by atoms with E-state index < -0.39 is 0 Å². The van der Waals surface area contributed by atoms with Gasteiger partial charge in [-0.1, -0.05) is 48.2 Å². The van der Waals surface area contributed by atoms with E-state index >= 15 is 0 Å². The van der Waals surface area contributed by atoms with Crippen LogP contribution in [0.25, 0.3) is 0 Å². The summed E-state index contributed by atoms with van der Waals surface area (Å²) in [4.78, 5) is 15.8. The van der Waals surface area contributed by atoms with E-state index in [-0.39, 0.29) is 11.2 Å². The fourth-order valence-electron chi connectivity index (χ4n) is 3.01. The highest BCUT2D eigenvalue weighted by Gasteiger charge is 2.33. The second kappa shape index (κ2) is 7.86. The zero-order valence-electron chi connectivity index (χ0n) is 15.4. The predicted octanol–water partition coefficient (Wildman–Crippen LogP) is 4.19. The van der Waals surface area contributed by atoms with Crippen LogP contribution in [0.2, 0.25) is 0 Å². The van der Waals surface area contributed by atoms with E-state index in [1.54, 1.807) is 30.3 Å². The van der Waals surface area contributed by atoms with E-state index in [4.69, 9.17) is 0 Å². The number of amides is 1. The molecule has 27 heavy (non-hydrogen) atoms. The van der Waals surface area contributed by atoms with Gasteiger partial charge in [-0.2, -0.15) is 0 Å². The molecule has 1 aliphatic carbocycles. The Morgan fingerprint density at radius 1 is 1.22 bits per heavy atom. The van der Waals surface area contributed by atoms with Crippen molar-refractivity contribution in [1.82, 2.24) is 19.7 Å². The van der Waals surface area contributed by atoms with Crippen molar-refractivity contribution in [3.05, 3.63) is 64.1 Å². The van der Waals surface area contributed by atoms with Gasteiger partial charge in [0.2, 0.25) is 5.91 Å². The number of likely N-dealkylation sites (N-methyl/N-ethyl adjacent to an activating group) is 1. The highest BCUT2D eigenvalue weighted by molar-refractivity contribution is 8.00. The number of hydrogen-bond acceptors (Lipinski definition) is 5. The Hall–Kier alpha value is -2.12. The van der Waals surface area contributed by atoms with Gasteiger partial charge in [0.1, 0.15) is 11.1 Å². The molecule has 4 rings (SSSR count). The normalized spacial score (nSPS) is 14.9. The second-order valence-electron chi connectivity index (χ2n) is 6.90. The summed E-state index contributed by atoms with van der Waals surface area (Å²) in [6.07, 6.45) is 3.10. The Bertz CT molecular complexity index is 901. The second-order valence-corrected chi connectivity index (χ2v) is 9.00. The molecule has 1 saturated carbocycles. The molecule has 1 unspecified atom stereocenters. The number of thiophene rings is 1. The molecule has 5 nitrogen and oxygen atoms in total. The third kappa shape index (κ3) is 4.09. The average Bonchev–Trinajstić information content (AvgIpc) is 3.23. The minimum absolute atomic E-state index is 0.0661. The van der Waals surface area contributed by atoms with Gasteiger partial charge in [0, 0.05) is 31.4 Å². The number of rotatable bonds is 7. The first-order valence-electron chi connectivity index (χ1n) is 9.02. The van der Waals surface area contributed by atoms with Crippen LogP contribution in [0, 0.1) is 0 Å². The van der Waals surface area contributed by atoms with Crippen LogP contribution in [0.3, 0.4) is 0 Å². The fourth-order valence-corrected chi connectivity index (χ4v) is 4.98. The van der Waals surface area contributed by atoms with E-state index in [0.29, 0.717) is 6.04 Å². The van der Waals surface area contributed by atoms with Gasteiger partial charge in [0.05, 0.1) is 0 Å². The summed E-state index contributed by atoms with van der Waals surface area (Å²) in [6.45, 7) is 0. The first-order valence-corrected chi connectivity index (χ1v) is 10.8. The van der Waals surface area contributed by atoms with Gasteiger partial charge in [-0.25, -0.2) is 0 Å². The van der Waals surface area contributed by atoms with E-state index in [1.807, 2.05) is 30.3 Å². The molecule has 0 saturated heterocycles. The molecule has 140 valence electrons. The molecule has 0 radical (unpaired) electrons. The summed E-state index contributed by atoms with van der Waals surface area (Å²) in [7, 11) is 3.60. The number of benzene rings is 1. The van der Waals surface area contributed by atoms with E-state index in [1.165, 1.54) is 16.6 Å². The molecule has 1 atom stereocenters. The molecule has 1 amide bonds. The van der Waals surface area contributed by atoms with Crippen LogP contribution in [-0.2, 0) is 11.2 Å². The van der Waals surface area contributed by atoms with Crippen LogP contribution >= 0.6 is 23.1 Å². The summed E-state index contributed by atoms with van der Waals surface area (Å²) >= 11 is 3.25. The molecule has 0 spiro atoms. The summed E-state index contributed by atoms with van der Waals surface area (Å²) in [5.74, 6) is 1.06. The molecule has 1 aromatic carbocycles. The zero-order valence-corrected chi connectivity index (χ0v) is 17.0. The van der Waals surface area contributed by atoms with Crippen LogP contribution in [0.5, 0.6) is 0 Å². The largest absolute Gasteiger partial charge is 0.348 e. The van der Waals surface area contributed by atoms with Crippen molar-refractivity contribution < 1.29 is 4.79 Å². The van der Waals surface area contributed by atoms with Crippen molar-refractivity contribution in [3.8, 4) is 0 Å². The molecule has 0 bridgehead atoms. The zero-order chi connectivity index (χ0) is 18.8. The van der Waals surface area contributed by atoms with Crippen LogP contribution in [-0.4, -0.2) is 39.7 Å². The summed E-state index contributed by atoms with van der Waals surface area (Å²) in [5, 5.41) is 11.6. The van der Waals surface area contributed by atoms with Crippen molar-refractivity contribution in [2.45, 2.75) is 35.7 Å². The molecular formula is C20H22N4OS2. The SMILES string of the molecule is CN(C)C(=O)C(Sc1nnc(Cc2cccs2)n1C1CC1)c1ccccc1. The maximum absolute atomic E-state index is 12.9. The Labute approximate surface area is 167 Å². The van der Waals surface area contributed by atoms with Crippen molar-refractivity contribution in [2.75, 3.05) is 14.1 Å². The van der Waals surface area contributed by atoms with E-state index in [2.05, 4.69) is 32.3 Å². The third-order valence-corrected chi connectivity index (χ3v) is 6.63. The lowest BCUT2D eigenvalue weighted by atomic mass is 10.1. The lowest BCUT2D eigenvalue weighted by molar-refractivity contribution is -0.128. The molecule has 1 aliphatic rings. The maximum Gasteiger partial charge on any atom is 0.240 e. The molecular weight excluding hydrogens is 376 g/mol. The molecule has 1 fully saturated rings. The van der Waals surface area contributed by atoms with Crippen LogP contribution in [0.4, 0.5) is 0 Å². The maximum atomic E-state index is 12.9. The van der Waals surface area contributed by atoms with Crippen LogP contribution in [0.15, 0.2) is 53.0 Å². The minimum atomic E-state index is -0.322. The van der Waals surface area contributed by atoms with E-state index in [9.17, 15) is 4.79 Å². The summed E-state index contributed by atoms with van der Waals surface area (Å²) in [5.41, 5.74) is 0.992. The monoisotopic (exact) mass is 398 g/mol. The molecule has 2 aromatic heterocycles. The fraction of sp³-hybridized carbons (Fsp3) is 0.350. The van der Waals surface area contributed by atoms with Crippen molar-refractivity contribution in [3.63, 3.8) is 0 Å². The molecule has 7 heteroatoms. The average molecular weight is 399 g/mol. The summed E-state index contributed by atoms with van der Waals surface area (Å²) < 4.78 is 2.25. The first kappa shape index (κ1) is 18.3. The van der Waals surface area contributed by atoms with Crippen molar-refractivity contribution in [1.29, 1.82) is 0 Å². The standard InChI is InChI=1S/C20H22N4OS2/c1-23(2)19(25)18(14-7-4-3-5-8-14)27-20-22-21-17(24(20)15-10-11-15)13-16-9-6-12-26-16/h3-9,12,15,18H,10-11,13H2,1-2H3. The van der Waals surface area contributed by atoms with Gasteiger partial charge in [-0.05, 0) is 29.9 Å². The topological polar surface area (TPSA) is 51.0 Å². The van der Waals surface area contributed by atoms with Gasteiger partial charge >= 0.3 is 0 Å². The Kier molecular flexibility index (Phi) is 5.31. The quantitative estimate of drug-likeness (QED) is 0.560. The van der Waals surface area contributed by atoms with Gasteiger partial charge in [-0.15, -0.1) is 21.5 Å². The predicted molar refractivity (Wildman–Crippen MR) is 109 cm³/mol. The number of hydrogen-bond donors (Lipinski definition) is 0. The number of aromatic nitrogens is 3. The minimum Gasteiger partial charge on any atom is -0.348 e. The molecule has 3 aromatic rings. The number of thioether (sulfide) groups is 1. The van der Waals surface area contributed by atoms with Gasteiger partial charge in [0.15, 0.2) is 5.16 Å².